The molecule has 3 N–H and O–H groups in total. The SMILES string of the molecule is C=CC(=O)N1CCCC1C(=O)NC(C(N)=O)c1ccc(F)cc1. The van der Waals surface area contributed by atoms with E-state index in [1.54, 1.807) is 0 Å². The van der Waals surface area contributed by atoms with Gasteiger partial charge in [-0.1, -0.05) is 18.7 Å². The molecule has 0 aliphatic carbocycles. The summed E-state index contributed by atoms with van der Waals surface area (Å²) in [6, 6.07) is 3.38. The summed E-state index contributed by atoms with van der Waals surface area (Å²) in [5.41, 5.74) is 5.71. The molecule has 2 unspecified atom stereocenters. The van der Waals surface area contributed by atoms with Crippen LogP contribution in [0.15, 0.2) is 36.9 Å². The molecule has 0 saturated carbocycles. The van der Waals surface area contributed by atoms with Gasteiger partial charge in [0.05, 0.1) is 0 Å². The summed E-state index contributed by atoms with van der Waals surface area (Å²) in [7, 11) is 0. The fourth-order valence-corrected chi connectivity index (χ4v) is 2.63. The molecule has 7 heteroatoms. The monoisotopic (exact) mass is 319 g/mol. The van der Waals surface area contributed by atoms with Gasteiger partial charge in [0.1, 0.15) is 17.9 Å². The van der Waals surface area contributed by atoms with Crippen LogP contribution in [0.2, 0.25) is 0 Å². The molecule has 1 fully saturated rings. The number of halogens is 1. The lowest BCUT2D eigenvalue weighted by atomic mass is 10.1. The minimum atomic E-state index is -1.08. The van der Waals surface area contributed by atoms with Gasteiger partial charge in [-0.05, 0) is 36.6 Å². The summed E-state index contributed by atoms with van der Waals surface area (Å²) in [5.74, 6) is -2.02. The predicted molar refractivity (Wildman–Crippen MR) is 81.4 cm³/mol. The highest BCUT2D eigenvalue weighted by molar-refractivity contribution is 5.95. The van der Waals surface area contributed by atoms with Gasteiger partial charge in [0, 0.05) is 6.54 Å². The Hall–Kier alpha value is -2.70. The number of benzene rings is 1. The summed E-state index contributed by atoms with van der Waals surface area (Å²) in [4.78, 5) is 37.2. The lowest BCUT2D eigenvalue weighted by molar-refractivity contribution is -0.136. The van der Waals surface area contributed by atoms with E-state index in [1.165, 1.54) is 29.2 Å². The lowest BCUT2D eigenvalue weighted by Gasteiger charge is -2.25. The van der Waals surface area contributed by atoms with Gasteiger partial charge in [-0.25, -0.2) is 4.39 Å². The third-order valence-electron chi connectivity index (χ3n) is 3.79. The average molecular weight is 319 g/mol. The quantitative estimate of drug-likeness (QED) is 0.780. The van der Waals surface area contributed by atoms with E-state index in [-0.39, 0.29) is 5.91 Å². The van der Waals surface area contributed by atoms with Gasteiger partial charge >= 0.3 is 0 Å². The van der Waals surface area contributed by atoms with Gasteiger partial charge in [-0.3, -0.25) is 14.4 Å². The van der Waals surface area contributed by atoms with Gasteiger partial charge < -0.3 is 16.0 Å². The van der Waals surface area contributed by atoms with Crippen molar-refractivity contribution in [1.82, 2.24) is 10.2 Å². The van der Waals surface area contributed by atoms with Crippen LogP contribution in [0.5, 0.6) is 0 Å². The van der Waals surface area contributed by atoms with Gasteiger partial charge in [0.15, 0.2) is 0 Å². The second-order valence-electron chi connectivity index (χ2n) is 5.29. The van der Waals surface area contributed by atoms with Crippen molar-refractivity contribution < 1.29 is 18.8 Å². The number of nitrogens with zero attached hydrogens (tertiary/aromatic N) is 1. The molecular formula is C16H18FN3O3. The normalized spacial score (nSPS) is 18.3. The van der Waals surface area contributed by atoms with E-state index in [1.807, 2.05) is 0 Å². The number of primary amides is 1. The second-order valence-corrected chi connectivity index (χ2v) is 5.29. The maximum absolute atomic E-state index is 13.0. The molecule has 122 valence electrons. The number of rotatable bonds is 5. The number of carbonyl (C=O) groups excluding carboxylic acids is 3. The fourth-order valence-electron chi connectivity index (χ4n) is 2.63. The minimum absolute atomic E-state index is 0.333. The molecule has 0 bridgehead atoms. The summed E-state index contributed by atoms with van der Waals surface area (Å²) < 4.78 is 13.0. The number of nitrogens with one attached hydrogen (secondary N) is 1. The number of likely N-dealkylation sites (tertiary alicyclic amines) is 1. The lowest BCUT2D eigenvalue weighted by Crippen LogP contribution is -2.48. The van der Waals surface area contributed by atoms with E-state index < -0.39 is 29.7 Å². The highest BCUT2D eigenvalue weighted by Gasteiger charge is 2.34. The zero-order valence-corrected chi connectivity index (χ0v) is 12.5. The van der Waals surface area contributed by atoms with Crippen LogP contribution < -0.4 is 11.1 Å². The van der Waals surface area contributed by atoms with Crippen LogP contribution in [0, 0.1) is 5.82 Å². The maximum atomic E-state index is 13.0. The molecule has 1 heterocycles. The zero-order valence-electron chi connectivity index (χ0n) is 12.5. The Morgan fingerprint density at radius 3 is 2.57 bits per heavy atom. The van der Waals surface area contributed by atoms with E-state index >= 15 is 0 Å². The zero-order chi connectivity index (χ0) is 17.0. The first-order valence-electron chi connectivity index (χ1n) is 7.22. The van der Waals surface area contributed by atoms with Crippen LogP contribution >= 0.6 is 0 Å². The summed E-state index contributed by atoms with van der Waals surface area (Å²) in [6.45, 7) is 3.87. The molecule has 3 amide bonds. The number of amides is 3. The summed E-state index contributed by atoms with van der Waals surface area (Å²) in [5, 5.41) is 2.54. The van der Waals surface area contributed by atoms with Crippen LogP contribution in [0.3, 0.4) is 0 Å². The Morgan fingerprint density at radius 1 is 1.35 bits per heavy atom. The molecule has 2 rings (SSSR count). The molecule has 1 aromatic carbocycles. The average Bonchev–Trinajstić information content (AvgIpc) is 3.02. The molecule has 1 saturated heterocycles. The Bertz CT molecular complexity index is 630. The molecule has 1 aliphatic heterocycles. The standard InChI is InChI=1S/C16H18FN3O3/c1-2-13(21)20-9-3-4-12(20)16(23)19-14(15(18)22)10-5-7-11(17)8-6-10/h2,5-8,12,14H,1,3-4,9H2,(H2,18,22)(H,19,23). The van der Waals surface area contributed by atoms with Crippen LogP contribution in [0.4, 0.5) is 4.39 Å². The van der Waals surface area contributed by atoms with E-state index in [0.29, 0.717) is 24.9 Å². The Kier molecular flexibility index (Phi) is 5.10. The molecule has 1 aromatic rings. The smallest absolute Gasteiger partial charge is 0.246 e. The predicted octanol–water partition coefficient (Wildman–Crippen LogP) is 0.645. The van der Waals surface area contributed by atoms with Crippen molar-refractivity contribution in [2.45, 2.75) is 24.9 Å². The molecule has 0 spiro atoms. The summed E-state index contributed by atoms with van der Waals surface area (Å²) >= 11 is 0. The van der Waals surface area contributed by atoms with Crippen molar-refractivity contribution in [3.63, 3.8) is 0 Å². The molecule has 6 nitrogen and oxygen atoms in total. The highest BCUT2D eigenvalue weighted by Crippen LogP contribution is 2.20. The molecule has 23 heavy (non-hydrogen) atoms. The number of hydrogen-bond donors (Lipinski definition) is 2. The third kappa shape index (κ3) is 3.74. The Labute approximate surface area is 133 Å². The van der Waals surface area contributed by atoms with E-state index in [4.69, 9.17) is 5.73 Å². The van der Waals surface area contributed by atoms with Crippen LogP contribution in [0.25, 0.3) is 0 Å². The third-order valence-corrected chi connectivity index (χ3v) is 3.79. The van der Waals surface area contributed by atoms with Crippen molar-refractivity contribution in [2.24, 2.45) is 5.73 Å². The number of carbonyl (C=O) groups is 3. The molecular weight excluding hydrogens is 301 g/mol. The van der Waals surface area contributed by atoms with Crippen LogP contribution in [-0.4, -0.2) is 35.2 Å². The largest absolute Gasteiger partial charge is 0.368 e. The fraction of sp³-hybridized carbons (Fsp3) is 0.312. The molecule has 1 aliphatic rings. The van der Waals surface area contributed by atoms with E-state index in [0.717, 1.165) is 6.08 Å². The van der Waals surface area contributed by atoms with Gasteiger partial charge in [-0.2, -0.15) is 0 Å². The van der Waals surface area contributed by atoms with Gasteiger partial charge in [0.2, 0.25) is 17.7 Å². The van der Waals surface area contributed by atoms with Gasteiger partial charge in [0.25, 0.3) is 0 Å². The number of hydrogen-bond acceptors (Lipinski definition) is 3. The molecule has 2 atom stereocenters. The first-order valence-corrected chi connectivity index (χ1v) is 7.22. The van der Waals surface area contributed by atoms with Crippen molar-refractivity contribution in [3.05, 3.63) is 48.3 Å². The Balaban J connectivity index is 2.15. The minimum Gasteiger partial charge on any atom is -0.368 e. The molecule has 0 aromatic heterocycles. The van der Waals surface area contributed by atoms with Crippen LogP contribution in [-0.2, 0) is 14.4 Å². The summed E-state index contributed by atoms with van der Waals surface area (Å²) in [6.07, 6.45) is 2.34. The van der Waals surface area contributed by atoms with Crippen molar-refractivity contribution in [3.8, 4) is 0 Å². The van der Waals surface area contributed by atoms with Crippen molar-refractivity contribution in [2.75, 3.05) is 6.54 Å². The number of nitrogens with two attached hydrogens (primary N) is 1. The maximum Gasteiger partial charge on any atom is 0.246 e. The van der Waals surface area contributed by atoms with E-state index in [9.17, 15) is 18.8 Å². The van der Waals surface area contributed by atoms with E-state index in [2.05, 4.69) is 11.9 Å². The first kappa shape index (κ1) is 16.7. The van der Waals surface area contributed by atoms with Gasteiger partial charge in [-0.15, -0.1) is 0 Å². The molecule has 0 radical (unpaired) electrons. The topological polar surface area (TPSA) is 92.5 Å². The van der Waals surface area contributed by atoms with Crippen molar-refractivity contribution >= 4 is 17.7 Å². The first-order chi connectivity index (χ1) is 10.9. The van der Waals surface area contributed by atoms with Crippen LogP contribution in [0.1, 0.15) is 24.4 Å². The highest BCUT2D eigenvalue weighted by atomic mass is 19.1. The van der Waals surface area contributed by atoms with Crippen molar-refractivity contribution in [1.29, 1.82) is 0 Å². The second kappa shape index (κ2) is 7.04. The Morgan fingerprint density at radius 2 is 2.00 bits per heavy atom.